The zero-order chi connectivity index (χ0) is 29.2. The van der Waals surface area contributed by atoms with Crippen LogP contribution in [0.4, 0.5) is 5.69 Å². The summed E-state index contributed by atoms with van der Waals surface area (Å²) < 4.78 is 39.4. The number of methoxy groups -OCH3 is 1. The fourth-order valence-electron chi connectivity index (χ4n) is 4.02. The maximum absolute atomic E-state index is 13.5. The summed E-state index contributed by atoms with van der Waals surface area (Å²) in [6, 6.07) is 30.2. The Bertz CT molecular complexity index is 1570. The summed E-state index contributed by atoms with van der Waals surface area (Å²) in [5, 5.41) is 4.04. The second kappa shape index (κ2) is 13.6. The van der Waals surface area contributed by atoms with Crippen molar-refractivity contribution in [3.63, 3.8) is 0 Å². The van der Waals surface area contributed by atoms with Gasteiger partial charge in [-0.2, -0.15) is 5.10 Å². The Hall–Kier alpha value is -4.63. The first-order valence-electron chi connectivity index (χ1n) is 13.1. The molecule has 0 aliphatic carbocycles. The smallest absolute Gasteiger partial charge is 0.264 e. The third-order valence-corrected chi connectivity index (χ3v) is 8.08. The molecule has 4 rings (SSSR count). The highest BCUT2D eigenvalue weighted by Gasteiger charge is 2.27. The minimum Gasteiger partial charge on any atom is -0.493 e. The Kier molecular flexibility index (Phi) is 9.76. The Morgan fingerprint density at radius 2 is 1.56 bits per heavy atom. The Balaban J connectivity index is 1.46. The second-order valence-corrected chi connectivity index (χ2v) is 11.4. The monoisotopic (exact) mass is 571 g/mol. The van der Waals surface area contributed by atoms with E-state index in [1.165, 1.54) is 18.3 Å². The zero-order valence-corrected chi connectivity index (χ0v) is 24.0. The molecule has 1 N–H and O–H groups in total. The number of ether oxygens (including phenoxy) is 2. The molecule has 0 aliphatic rings. The maximum Gasteiger partial charge on any atom is 0.264 e. The zero-order valence-electron chi connectivity index (χ0n) is 23.2. The summed E-state index contributed by atoms with van der Waals surface area (Å²) in [5.74, 6) is 0.774. The van der Waals surface area contributed by atoms with Gasteiger partial charge < -0.3 is 9.47 Å². The van der Waals surface area contributed by atoms with Crippen molar-refractivity contribution in [3.8, 4) is 11.5 Å². The second-order valence-electron chi connectivity index (χ2n) is 9.55. The van der Waals surface area contributed by atoms with Gasteiger partial charge in [0.05, 0.1) is 23.9 Å². The number of nitrogens with one attached hydrogen (secondary N) is 1. The molecule has 0 aromatic heterocycles. The first kappa shape index (κ1) is 29.4. The quantitative estimate of drug-likeness (QED) is 0.173. The molecule has 9 heteroatoms. The molecule has 0 radical (unpaired) electrons. The van der Waals surface area contributed by atoms with Crippen molar-refractivity contribution in [2.24, 2.45) is 5.10 Å². The molecule has 0 saturated carbocycles. The normalized spacial score (nSPS) is 11.4. The predicted molar refractivity (Wildman–Crippen MR) is 161 cm³/mol. The molecule has 0 unspecified atom stereocenters. The summed E-state index contributed by atoms with van der Waals surface area (Å²) in [7, 11) is -2.46. The van der Waals surface area contributed by atoms with Gasteiger partial charge in [-0.3, -0.25) is 9.10 Å². The molecule has 0 heterocycles. The molecule has 212 valence electrons. The van der Waals surface area contributed by atoms with E-state index in [0.29, 0.717) is 29.4 Å². The minimum absolute atomic E-state index is 0.0888. The van der Waals surface area contributed by atoms with Gasteiger partial charge in [-0.25, -0.2) is 13.8 Å². The van der Waals surface area contributed by atoms with Gasteiger partial charge in [0.25, 0.3) is 15.9 Å². The lowest BCUT2D eigenvalue weighted by Gasteiger charge is -2.24. The molecular weight excluding hydrogens is 538 g/mol. The molecule has 41 heavy (non-hydrogen) atoms. The van der Waals surface area contributed by atoms with Crippen LogP contribution >= 0.6 is 0 Å². The lowest BCUT2D eigenvalue weighted by molar-refractivity contribution is -0.119. The molecular formula is C32H33N3O5S. The molecule has 0 fully saturated rings. The number of carbonyl (C=O) groups excluding carboxylic acids is 1. The largest absolute Gasteiger partial charge is 0.493 e. The van der Waals surface area contributed by atoms with Crippen LogP contribution < -0.4 is 19.2 Å². The highest BCUT2D eigenvalue weighted by atomic mass is 32.2. The van der Waals surface area contributed by atoms with Crippen LogP contribution in [-0.2, 0) is 21.4 Å². The molecule has 0 spiro atoms. The van der Waals surface area contributed by atoms with Crippen LogP contribution in [0.1, 0.15) is 36.5 Å². The van der Waals surface area contributed by atoms with Gasteiger partial charge in [-0.05, 0) is 65.1 Å². The molecule has 8 nitrogen and oxygen atoms in total. The van der Waals surface area contributed by atoms with Gasteiger partial charge in [0, 0.05) is 0 Å². The summed E-state index contributed by atoms with van der Waals surface area (Å²) in [5.41, 5.74) is 5.57. The summed E-state index contributed by atoms with van der Waals surface area (Å²) in [6.07, 6.45) is 1.45. The van der Waals surface area contributed by atoms with E-state index in [9.17, 15) is 13.2 Å². The van der Waals surface area contributed by atoms with Gasteiger partial charge in [0.15, 0.2) is 11.5 Å². The van der Waals surface area contributed by atoms with E-state index < -0.39 is 22.5 Å². The predicted octanol–water partition coefficient (Wildman–Crippen LogP) is 5.74. The molecule has 1 amide bonds. The van der Waals surface area contributed by atoms with Crippen molar-refractivity contribution < 1.29 is 22.7 Å². The highest BCUT2D eigenvalue weighted by Crippen LogP contribution is 2.29. The summed E-state index contributed by atoms with van der Waals surface area (Å²) >= 11 is 0. The van der Waals surface area contributed by atoms with Crippen LogP contribution in [0.25, 0.3) is 0 Å². The van der Waals surface area contributed by atoms with Crippen molar-refractivity contribution in [1.29, 1.82) is 0 Å². The van der Waals surface area contributed by atoms with Crippen LogP contribution in [0, 0.1) is 0 Å². The minimum atomic E-state index is -4.01. The molecule has 0 atom stereocenters. The number of sulfonamides is 1. The maximum atomic E-state index is 13.5. The first-order chi connectivity index (χ1) is 19.8. The van der Waals surface area contributed by atoms with E-state index in [1.807, 2.05) is 42.5 Å². The topological polar surface area (TPSA) is 97.3 Å². The van der Waals surface area contributed by atoms with Crippen LogP contribution in [0.15, 0.2) is 113 Å². The lowest BCUT2D eigenvalue weighted by Crippen LogP contribution is -2.39. The van der Waals surface area contributed by atoms with Gasteiger partial charge in [-0.1, -0.05) is 74.5 Å². The number of hydrogen-bond acceptors (Lipinski definition) is 6. The van der Waals surface area contributed by atoms with E-state index in [2.05, 4.69) is 24.4 Å². The molecule has 4 aromatic rings. The van der Waals surface area contributed by atoms with Crippen LogP contribution in [-0.4, -0.2) is 34.2 Å². The number of amides is 1. The van der Waals surface area contributed by atoms with Crippen LogP contribution in [0.3, 0.4) is 0 Å². The van der Waals surface area contributed by atoms with E-state index in [-0.39, 0.29) is 10.8 Å². The summed E-state index contributed by atoms with van der Waals surface area (Å²) in [4.78, 5) is 13.0. The van der Waals surface area contributed by atoms with E-state index in [1.54, 1.807) is 55.6 Å². The Morgan fingerprint density at radius 3 is 2.20 bits per heavy atom. The van der Waals surface area contributed by atoms with Gasteiger partial charge in [-0.15, -0.1) is 0 Å². The number of anilines is 1. The molecule has 4 aromatic carbocycles. The van der Waals surface area contributed by atoms with Crippen molar-refractivity contribution in [2.45, 2.75) is 31.3 Å². The SMILES string of the molecule is COc1cc(/C=N\NC(=O)CN(c2ccc(C(C)C)cc2)S(=O)(=O)c2ccccc2)ccc1OCc1ccccc1. The van der Waals surface area contributed by atoms with Crippen molar-refractivity contribution in [2.75, 3.05) is 18.0 Å². The standard InChI is InChI=1S/C32H33N3O5S/c1-24(2)27-15-17-28(18-16-27)35(41(37,38)29-12-8-5-9-13-29)22-32(36)34-33-21-26-14-19-30(31(20-26)39-3)40-23-25-10-6-4-7-11-25/h4-21,24H,22-23H2,1-3H3,(H,34,36)/b33-21-. The Morgan fingerprint density at radius 1 is 0.902 bits per heavy atom. The number of nitrogens with zero attached hydrogens (tertiary/aromatic N) is 2. The highest BCUT2D eigenvalue weighted by molar-refractivity contribution is 7.92. The summed E-state index contributed by atoms with van der Waals surface area (Å²) in [6.45, 7) is 4.05. The number of benzene rings is 4. The van der Waals surface area contributed by atoms with Crippen molar-refractivity contribution in [1.82, 2.24) is 5.43 Å². The van der Waals surface area contributed by atoms with Gasteiger partial charge >= 0.3 is 0 Å². The molecule has 0 saturated heterocycles. The average Bonchev–Trinajstić information content (AvgIpc) is 3.00. The van der Waals surface area contributed by atoms with Crippen molar-refractivity contribution in [3.05, 3.63) is 120 Å². The van der Waals surface area contributed by atoms with E-state index >= 15 is 0 Å². The van der Waals surface area contributed by atoms with Crippen molar-refractivity contribution >= 4 is 27.8 Å². The average molecular weight is 572 g/mol. The first-order valence-corrected chi connectivity index (χ1v) is 14.6. The third kappa shape index (κ3) is 7.73. The van der Waals surface area contributed by atoms with Crippen LogP contribution in [0.2, 0.25) is 0 Å². The lowest BCUT2D eigenvalue weighted by atomic mass is 10.0. The van der Waals surface area contributed by atoms with Gasteiger partial charge in [0.2, 0.25) is 0 Å². The number of hydrazone groups is 1. The fraction of sp³-hybridized carbons (Fsp3) is 0.188. The number of carbonyl (C=O) groups is 1. The van der Waals surface area contributed by atoms with E-state index in [4.69, 9.17) is 9.47 Å². The van der Waals surface area contributed by atoms with E-state index in [0.717, 1.165) is 15.4 Å². The number of hydrogen-bond donors (Lipinski definition) is 1. The van der Waals surface area contributed by atoms with Crippen LogP contribution in [0.5, 0.6) is 11.5 Å². The molecule has 0 aliphatic heterocycles. The fourth-order valence-corrected chi connectivity index (χ4v) is 5.47. The third-order valence-electron chi connectivity index (χ3n) is 6.29. The molecule has 0 bridgehead atoms. The Labute approximate surface area is 241 Å². The van der Waals surface area contributed by atoms with Gasteiger partial charge in [0.1, 0.15) is 13.2 Å². The number of rotatable bonds is 12.